The van der Waals surface area contributed by atoms with Crippen molar-refractivity contribution in [2.45, 2.75) is 32.2 Å². The number of amides is 2. The topological polar surface area (TPSA) is 80.3 Å². The zero-order valence-electron chi connectivity index (χ0n) is 19.1. The van der Waals surface area contributed by atoms with Crippen LogP contribution in [-0.4, -0.2) is 87.3 Å². The van der Waals surface area contributed by atoms with Crippen molar-refractivity contribution in [2.75, 3.05) is 60.2 Å². The number of hydrogen-bond acceptors (Lipinski definition) is 6. The minimum atomic E-state index is -0.293. The molecule has 31 heavy (non-hydrogen) atoms. The Bertz CT molecular complexity index is 776. The van der Waals surface area contributed by atoms with E-state index < -0.39 is 0 Å². The fourth-order valence-corrected chi connectivity index (χ4v) is 4.19. The zero-order chi connectivity index (χ0) is 22.4. The molecule has 3 rings (SSSR count). The van der Waals surface area contributed by atoms with Crippen molar-refractivity contribution in [3.05, 3.63) is 23.8 Å². The Morgan fingerprint density at radius 1 is 1.19 bits per heavy atom. The number of carbonyl (C=O) groups is 2. The first-order valence-corrected chi connectivity index (χ1v) is 10.9. The van der Waals surface area contributed by atoms with Gasteiger partial charge in [-0.1, -0.05) is 6.07 Å². The van der Waals surface area contributed by atoms with Gasteiger partial charge in [0.1, 0.15) is 0 Å². The molecule has 1 aromatic carbocycles. The second-order valence-electron chi connectivity index (χ2n) is 8.81. The summed E-state index contributed by atoms with van der Waals surface area (Å²) in [6, 6.07) is 5.77. The third-order valence-electron chi connectivity index (χ3n) is 6.27. The van der Waals surface area contributed by atoms with Crippen molar-refractivity contribution in [1.29, 1.82) is 0 Å². The fraction of sp³-hybridized carbons (Fsp3) is 0.652. The molecule has 2 aliphatic rings. The standard InChI is InChI=1S/C23H35N3O5/c1-23(2,26-9-11-31-12-10-26)16-24-22(28)18-14-21(27)25(15-18)8-7-17-5-6-19(29-3)20(13-17)30-4/h5-6,13,18H,7-12,14-16H2,1-4H3,(H,24,28)/t18-/m0/s1. The Morgan fingerprint density at radius 2 is 1.90 bits per heavy atom. The van der Waals surface area contributed by atoms with Gasteiger partial charge in [0.05, 0.1) is 33.4 Å². The molecule has 0 aromatic heterocycles. The highest BCUT2D eigenvalue weighted by Crippen LogP contribution is 2.28. The monoisotopic (exact) mass is 433 g/mol. The summed E-state index contributed by atoms with van der Waals surface area (Å²) in [7, 11) is 3.21. The van der Waals surface area contributed by atoms with Gasteiger partial charge in [-0.05, 0) is 38.0 Å². The van der Waals surface area contributed by atoms with Crippen LogP contribution in [0.15, 0.2) is 18.2 Å². The fourth-order valence-electron chi connectivity index (χ4n) is 4.19. The molecule has 2 fully saturated rings. The van der Waals surface area contributed by atoms with E-state index in [0.29, 0.717) is 37.6 Å². The summed E-state index contributed by atoms with van der Waals surface area (Å²) in [6.07, 6.45) is 0.972. The van der Waals surface area contributed by atoms with Gasteiger partial charge in [0, 0.05) is 44.7 Å². The lowest BCUT2D eigenvalue weighted by Crippen LogP contribution is -2.55. The Kier molecular flexibility index (Phi) is 7.78. The van der Waals surface area contributed by atoms with Crippen LogP contribution in [0.3, 0.4) is 0 Å². The molecule has 0 aliphatic carbocycles. The molecule has 0 unspecified atom stereocenters. The van der Waals surface area contributed by atoms with Gasteiger partial charge in [-0.25, -0.2) is 0 Å². The molecule has 2 aliphatic heterocycles. The van der Waals surface area contributed by atoms with E-state index in [0.717, 1.165) is 31.9 Å². The smallest absolute Gasteiger partial charge is 0.225 e. The number of methoxy groups -OCH3 is 2. The lowest BCUT2D eigenvalue weighted by Gasteiger charge is -2.41. The van der Waals surface area contributed by atoms with Gasteiger partial charge < -0.3 is 24.4 Å². The summed E-state index contributed by atoms with van der Waals surface area (Å²) in [6.45, 7) is 9.06. The summed E-state index contributed by atoms with van der Waals surface area (Å²) in [5, 5.41) is 3.07. The molecule has 2 amide bonds. The predicted octanol–water partition coefficient (Wildman–Crippen LogP) is 1.32. The second-order valence-corrected chi connectivity index (χ2v) is 8.81. The average molecular weight is 434 g/mol. The Morgan fingerprint density at radius 3 is 2.58 bits per heavy atom. The molecule has 0 saturated carbocycles. The molecule has 0 spiro atoms. The lowest BCUT2D eigenvalue weighted by atomic mass is 10.0. The molecule has 0 bridgehead atoms. The summed E-state index contributed by atoms with van der Waals surface area (Å²) < 4.78 is 16.0. The number of rotatable bonds is 9. The molecule has 1 atom stereocenters. The van der Waals surface area contributed by atoms with Crippen LogP contribution in [0.1, 0.15) is 25.8 Å². The van der Waals surface area contributed by atoms with Gasteiger partial charge in [0.15, 0.2) is 11.5 Å². The third kappa shape index (κ3) is 5.89. The van der Waals surface area contributed by atoms with Crippen LogP contribution >= 0.6 is 0 Å². The van der Waals surface area contributed by atoms with Crippen molar-refractivity contribution in [1.82, 2.24) is 15.1 Å². The van der Waals surface area contributed by atoms with E-state index in [1.807, 2.05) is 18.2 Å². The number of carbonyl (C=O) groups excluding carboxylic acids is 2. The van der Waals surface area contributed by atoms with Crippen LogP contribution in [0.5, 0.6) is 11.5 Å². The Labute approximate surface area is 184 Å². The summed E-state index contributed by atoms with van der Waals surface area (Å²) in [5.74, 6) is 1.06. The summed E-state index contributed by atoms with van der Waals surface area (Å²) in [5.41, 5.74) is 0.917. The highest BCUT2D eigenvalue weighted by atomic mass is 16.5. The van der Waals surface area contributed by atoms with E-state index in [-0.39, 0.29) is 29.7 Å². The highest BCUT2D eigenvalue weighted by molar-refractivity contribution is 5.89. The molecule has 172 valence electrons. The lowest BCUT2D eigenvalue weighted by molar-refractivity contribution is -0.129. The maximum atomic E-state index is 12.7. The Balaban J connectivity index is 1.48. The van der Waals surface area contributed by atoms with E-state index in [4.69, 9.17) is 14.2 Å². The van der Waals surface area contributed by atoms with Crippen LogP contribution in [0.4, 0.5) is 0 Å². The van der Waals surface area contributed by atoms with Crippen molar-refractivity contribution in [3.63, 3.8) is 0 Å². The number of hydrogen-bond donors (Lipinski definition) is 1. The summed E-state index contributed by atoms with van der Waals surface area (Å²) in [4.78, 5) is 29.3. The number of ether oxygens (including phenoxy) is 3. The first-order chi connectivity index (χ1) is 14.8. The molecule has 1 aromatic rings. The third-order valence-corrected chi connectivity index (χ3v) is 6.27. The highest BCUT2D eigenvalue weighted by Gasteiger charge is 2.35. The summed E-state index contributed by atoms with van der Waals surface area (Å²) >= 11 is 0. The van der Waals surface area contributed by atoms with Gasteiger partial charge in [0.25, 0.3) is 0 Å². The van der Waals surface area contributed by atoms with Crippen LogP contribution in [-0.2, 0) is 20.7 Å². The van der Waals surface area contributed by atoms with E-state index in [1.165, 1.54) is 0 Å². The number of morpholine rings is 1. The van der Waals surface area contributed by atoms with Gasteiger partial charge in [0.2, 0.25) is 11.8 Å². The Hall–Kier alpha value is -2.32. The molecule has 8 heteroatoms. The largest absolute Gasteiger partial charge is 0.493 e. The average Bonchev–Trinajstić information content (AvgIpc) is 3.17. The van der Waals surface area contributed by atoms with Crippen molar-refractivity contribution < 1.29 is 23.8 Å². The van der Waals surface area contributed by atoms with Crippen molar-refractivity contribution in [3.8, 4) is 11.5 Å². The van der Waals surface area contributed by atoms with E-state index in [1.54, 1.807) is 19.1 Å². The molecular formula is C23H35N3O5. The molecule has 2 saturated heterocycles. The molecule has 1 N–H and O–H groups in total. The van der Waals surface area contributed by atoms with Crippen LogP contribution in [0.2, 0.25) is 0 Å². The van der Waals surface area contributed by atoms with E-state index in [2.05, 4.69) is 24.1 Å². The number of nitrogens with zero attached hydrogens (tertiary/aromatic N) is 2. The first kappa shape index (κ1) is 23.3. The normalized spacial score (nSPS) is 20.1. The van der Waals surface area contributed by atoms with Crippen molar-refractivity contribution >= 4 is 11.8 Å². The maximum Gasteiger partial charge on any atom is 0.225 e. The van der Waals surface area contributed by atoms with Gasteiger partial charge in [-0.3, -0.25) is 14.5 Å². The van der Waals surface area contributed by atoms with E-state index >= 15 is 0 Å². The quantitative estimate of drug-likeness (QED) is 0.633. The number of likely N-dealkylation sites (tertiary alicyclic amines) is 1. The minimum absolute atomic E-state index is 0.0352. The minimum Gasteiger partial charge on any atom is -0.493 e. The van der Waals surface area contributed by atoms with Gasteiger partial charge in [-0.15, -0.1) is 0 Å². The SMILES string of the molecule is COc1ccc(CCN2C[C@@H](C(=O)NCC(C)(C)N3CCOCC3)CC2=O)cc1OC. The number of nitrogens with one attached hydrogen (secondary N) is 1. The molecule has 2 heterocycles. The first-order valence-electron chi connectivity index (χ1n) is 10.9. The molecule has 0 radical (unpaired) electrons. The second kappa shape index (κ2) is 10.3. The molecular weight excluding hydrogens is 398 g/mol. The van der Waals surface area contributed by atoms with Crippen molar-refractivity contribution in [2.24, 2.45) is 5.92 Å². The van der Waals surface area contributed by atoms with Crippen LogP contribution < -0.4 is 14.8 Å². The van der Waals surface area contributed by atoms with Gasteiger partial charge >= 0.3 is 0 Å². The zero-order valence-corrected chi connectivity index (χ0v) is 19.1. The van der Waals surface area contributed by atoms with Crippen LogP contribution in [0.25, 0.3) is 0 Å². The number of benzene rings is 1. The maximum absolute atomic E-state index is 12.7. The van der Waals surface area contributed by atoms with Gasteiger partial charge in [-0.2, -0.15) is 0 Å². The van der Waals surface area contributed by atoms with E-state index in [9.17, 15) is 9.59 Å². The molecule has 8 nitrogen and oxygen atoms in total. The predicted molar refractivity (Wildman–Crippen MR) is 117 cm³/mol. The van der Waals surface area contributed by atoms with Crippen LogP contribution in [0, 0.1) is 5.92 Å².